The summed E-state index contributed by atoms with van der Waals surface area (Å²) in [7, 11) is 0. The molecule has 2 aromatic carbocycles. The number of aromatic nitrogens is 1. The predicted molar refractivity (Wildman–Crippen MR) is 118 cm³/mol. The Kier molecular flexibility index (Phi) is 5.09. The molecule has 0 aliphatic carbocycles. The van der Waals surface area contributed by atoms with Crippen LogP contribution in [0.3, 0.4) is 0 Å². The van der Waals surface area contributed by atoms with Crippen molar-refractivity contribution in [3.63, 3.8) is 0 Å². The van der Waals surface area contributed by atoms with Crippen LogP contribution >= 0.6 is 0 Å². The van der Waals surface area contributed by atoms with E-state index in [1.165, 1.54) is 6.42 Å². The van der Waals surface area contributed by atoms with E-state index in [4.69, 9.17) is 4.74 Å². The Bertz CT molecular complexity index is 1060. The highest BCUT2D eigenvalue weighted by atomic mass is 16.5. The van der Waals surface area contributed by atoms with Gasteiger partial charge in [-0.1, -0.05) is 42.5 Å². The van der Waals surface area contributed by atoms with Gasteiger partial charge in [0.25, 0.3) is 0 Å². The monoisotopic (exact) mass is 398 g/mol. The average Bonchev–Trinajstić information content (AvgIpc) is 2.83. The first kappa shape index (κ1) is 19.0. The smallest absolute Gasteiger partial charge is 0.338 e. The molecule has 3 aliphatic rings. The Morgan fingerprint density at radius 2 is 1.93 bits per heavy atom. The third-order valence-electron chi connectivity index (χ3n) is 6.74. The number of benzene rings is 2. The Labute approximate surface area is 177 Å². The van der Waals surface area contributed by atoms with Gasteiger partial charge < -0.3 is 4.74 Å². The third-order valence-corrected chi connectivity index (χ3v) is 6.74. The highest BCUT2D eigenvalue weighted by Gasteiger charge is 2.44. The van der Waals surface area contributed by atoms with E-state index in [1.54, 1.807) is 0 Å². The van der Waals surface area contributed by atoms with Crippen molar-refractivity contribution < 1.29 is 9.53 Å². The van der Waals surface area contributed by atoms with Gasteiger partial charge in [-0.05, 0) is 55.5 Å². The van der Waals surface area contributed by atoms with Crippen LogP contribution in [0.4, 0.5) is 0 Å². The van der Waals surface area contributed by atoms with Crippen molar-refractivity contribution in [3.05, 3.63) is 90.6 Å². The molecule has 1 aromatic heterocycles. The van der Waals surface area contributed by atoms with Gasteiger partial charge in [-0.2, -0.15) is 0 Å². The largest absolute Gasteiger partial charge is 0.452 e. The van der Waals surface area contributed by atoms with Crippen molar-refractivity contribution in [2.45, 2.75) is 25.0 Å². The van der Waals surface area contributed by atoms with E-state index >= 15 is 0 Å². The van der Waals surface area contributed by atoms with Crippen LogP contribution < -0.4 is 0 Å². The summed E-state index contributed by atoms with van der Waals surface area (Å²) in [6.07, 6.45) is 5.78. The van der Waals surface area contributed by atoms with Crippen LogP contribution in [0.2, 0.25) is 0 Å². The van der Waals surface area contributed by atoms with Crippen molar-refractivity contribution in [2.24, 2.45) is 11.8 Å². The topological polar surface area (TPSA) is 42.4 Å². The fraction of sp³-hybridized carbons (Fsp3) is 0.308. The number of esters is 1. The number of fused-ring (bicyclic) bond motifs is 4. The molecule has 30 heavy (non-hydrogen) atoms. The molecule has 4 heteroatoms. The molecule has 0 saturated carbocycles. The van der Waals surface area contributed by atoms with Gasteiger partial charge in [-0.3, -0.25) is 9.88 Å². The third kappa shape index (κ3) is 3.41. The summed E-state index contributed by atoms with van der Waals surface area (Å²) < 4.78 is 6.26. The Morgan fingerprint density at radius 3 is 2.70 bits per heavy atom. The molecule has 1 unspecified atom stereocenters. The van der Waals surface area contributed by atoms with E-state index < -0.39 is 0 Å². The maximum atomic E-state index is 13.1. The van der Waals surface area contributed by atoms with Crippen LogP contribution in [0.15, 0.2) is 79.5 Å². The number of rotatable bonds is 5. The van der Waals surface area contributed by atoms with Crippen molar-refractivity contribution in [3.8, 4) is 0 Å². The van der Waals surface area contributed by atoms with Crippen LogP contribution in [-0.4, -0.2) is 35.0 Å². The lowest BCUT2D eigenvalue weighted by Gasteiger charge is -2.51. The van der Waals surface area contributed by atoms with E-state index in [-0.39, 0.29) is 18.1 Å². The van der Waals surface area contributed by atoms with Gasteiger partial charge in [0.2, 0.25) is 0 Å². The first-order valence-electron chi connectivity index (χ1n) is 10.7. The van der Waals surface area contributed by atoms with Crippen LogP contribution in [-0.2, 0) is 4.74 Å². The lowest BCUT2D eigenvalue weighted by molar-refractivity contribution is -0.0568. The summed E-state index contributed by atoms with van der Waals surface area (Å²) >= 11 is 0. The molecule has 2 bridgehead atoms. The number of piperidine rings is 3. The standard InChI is InChI=1S/C26H26N2O2/c1-2-18-17-28-15-13-20(18)16-24(28)25(30-26(29)19-8-4-3-5-9-19)22-12-14-27-23-11-7-6-10-21(22)23/h2-12,14,18,20,24-25H,1,13,15-17H2/t18-,20-,24-,25-/m0/s1. The molecule has 5 atom stereocenters. The zero-order valence-corrected chi connectivity index (χ0v) is 17.0. The van der Waals surface area contributed by atoms with Gasteiger partial charge in [-0.15, -0.1) is 6.58 Å². The molecule has 4 heterocycles. The van der Waals surface area contributed by atoms with Crippen molar-refractivity contribution in [1.82, 2.24) is 9.88 Å². The number of para-hydroxylation sites is 1. The minimum atomic E-state index is -0.334. The molecule has 4 nitrogen and oxygen atoms in total. The fourth-order valence-electron chi connectivity index (χ4n) is 5.17. The summed E-state index contributed by atoms with van der Waals surface area (Å²) in [6.45, 7) is 6.07. The van der Waals surface area contributed by atoms with Crippen molar-refractivity contribution in [1.29, 1.82) is 0 Å². The van der Waals surface area contributed by atoms with E-state index in [1.807, 2.05) is 60.8 Å². The van der Waals surface area contributed by atoms with E-state index in [9.17, 15) is 4.79 Å². The molecule has 0 radical (unpaired) electrons. The molecule has 152 valence electrons. The predicted octanol–water partition coefficient (Wildman–Crippen LogP) is 5.03. The highest BCUT2D eigenvalue weighted by Crippen LogP contribution is 2.43. The Morgan fingerprint density at radius 1 is 1.13 bits per heavy atom. The second-order valence-electron chi connectivity index (χ2n) is 8.36. The Balaban J connectivity index is 1.54. The number of hydrogen-bond acceptors (Lipinski definition) is 4. The maximum Gasteiger partial charge on any atom is 0.338 e. The average molecular weight is 399 g/mol. The molecule has 0 N–H and O–H groups in total. The second kappa shape index (κ2) is 8.04. The number of carbonyl (C=O) groups excluding carboxylic acids is 1. The summed E-state index contributed by atoms with van der Waals surface area (Å²) in [5, 5.41) is 1.05. The lowest BCUT2D eigenvalue weighted by Crippen LogP contribution is -2.55. The summed E-state index contributed by atoms with van der Waals surface area (Å²) in [5.74, 6) is 0.850. The first-order chi connectivity index (χ1) is 14.7. The highest BCUT2D eigenvalue weighted by molar-refractivity contribution is 5.90. The van der Waals surface area contributed by atoms with Crippen LogP contribution in [0, 0.1) is 11.8 Å². The van der Waals surface area contributed by atoms with Gasteiger partial charge in [0.15, 0.2) is 0 Å². The summed E-state index contributed by atoms with van der Waals surface area (Å²) in [4.78, 5) is 20.1. The summed E-state index contributed by atoms with van der Waals surface area (Å²) in [5.41, 5.74) is 2.55. The normalized spacial score (nSPS) is 26.3. The molecule has 0 amide bonds. The molecular weight excluding hydrogens is 372 g/mol. The van der Waals surface area contributed by atoms with Gasteiger partial charge in [0.05, 0.1) is 17.1 Å². The van der Waals surface area contributed by atoms with Crippen LogP contribution in [0.1, 0.15) is 34.9 Å². The molecular formula is C26H26N2O2. The zero-order chi connectivity index (χ0) is 20.5. The number of carbonyl (C=O) groups is 1. The maximum absolute atomic E-state index is 13.1. The van der Waals surface area contributed by atoms with Gasteiger partial charge in [0.1, 0.15) is 6.10 Å². The first-order valence-corrected chi connectivity index (χ1v) is 10.7. The number of hydrogen-bond donors (Lipinski definition) is 0. The minimum Gasteiger partial charge on any atom is -0.452 e. The van der Waals surface area contributed by atoms with Crippen LogP contribution in [0.25, 0.3) is 10.9 Å². The lowest BCUT2D eigenvalue weighted by atomic mass is 9.73. The molecule has 3 aromatic rings. The SMILES string of the molecule is C=C[C@H]1CN2CC[C@H]1C[C@H]2[C@@H](OC(=O)c1ccccc1)c1ccnc2ccccc12. The van der Waals surface area contributed by atoms with Crippen molar-refractivity contribution >= 4 is 16.9 Å². The van der Waals surface area contributed by atoms with Crippen molar-refractivity contribution in [2.75, 3.05) is 13.1 Å². The number of nitrogens with zero attached hydrogens (tertiary/aromatic N) is 2. The Hall–Kier alpha value is -2.98. The molecule has 3 saturated heterocycles. The van der Waals surface area contributed by atoms with Crippen LogP contribution in [0.5, 0.6) is 0 Å². The fourth-order valence-corrected chi connectivity index (χ4v) is 5.17. The summed E-state index contributed by atoms with van der Waals surface area (Å²) in [6, 6.07) is 19.5. The quantitative estimate of drug-likeness (QED) is 0.447. The van der Waals surface area contributed by atoms with Gasteiger partial charge >= 0.3 is 5.97 Å². The van der Waals surface area contributed by atoms with E-state index in [2.05, 4.69) is 28.6 Å². The van der Waals surface area contributed by atoms with Gasteiger partial charge in [-0.25, -0.2) is 4.79 Å². The molecule has 3 aliphatic heterocycles. The molecule has 3 fully saturated rings. The second-order valence-corrected chi connectivity index (χ2v) is 8.36. The number of ether oxygens (including phenoxy) is 1. The minimum absolute atomic E-state index is 0.165. The van der Waals surface area contributed by atoms with E-state index in [0.29, 0.717) is 17.4 Å². The zero-order valence-electron chi connectivity index (χ0n) is 17.0. The number of pyridine rings is 1. The van der Waals surface area contributed by atoms with E-state index in [0.717, 1.165) is 36.0 Å². The molecule has 0 spiro atoms. The molecule has 6 rings (SSSR count). The van der Waals surface area contributed by atoms with Gasteiger partial charge in [0, 0.05) is 23.7 Å².